The highest BCUT2D eigenvalue weighted by Crippen LogP contribution is 2.23. The van der Waals surface area contributed by atoms with Gasteiger partial charge in [0.15, 0.2) is 0 Å². The van der Waals surface area contributed by atoms with Crippen molar-refractivity contribution < 1.29 is 4.79 Å². The van der Waals surface area contributed by atoms with Crippen LogP contribution in [0.5, 0.6) is 0 Å². The van der Waals surface area contributed by atoms with Gasteiger partial charge in [-0.1, -0.05) is 6.07 Å². The largest absolute Gasteiger partial charge is 0.397 e. The first-order chi connectivity index (χ1) is 6.04. The van der Waals surface area contributed by atoms with Gasteiger partial charge in [0.2, 0.25) is 0 Å². The number of nitrogens with zero attached hydrogens (tertiary/aromatic N) is 1. The molecule has 4 heteroatoms. The van der Waals surface area contributed by atoms with Crippen LogP contribution in [0.1, 0.15) is 10.4 Å². The lowest BCUT2D eigenvalue weighted by molar-refractivity contribution is 0.0828. The van der Waals surface area contributed by atoms with Crippen LogP contribution >= 0.6 is 15.9 Å². The summed E-state index contributed by atoms with van der Waals surface area (Å²) in [5, 5.41) is 0. The molecule has 0 fully saturated rings. The maximum absolute atomic E-state index is 11.5. The SMILES string of the molecule is CN(C)C(=O)c1cccc(Br)c1N. The number of amides is 1. The fourth-order valence-corrected chi connectivity index (χ4v) is 1.33. The van der Waals surface area contributed by atoms with Crippen LogP contribution in [-0.2, 0) is 0 Å². The Hall–Kier alpha value is -1.03. The van der Waals surface area contributed by atoms with Gasteiger partial charge in [0.1, 0.15) is 0 Å². The van der Waals surface area contributed by atoms with Crippen LogP contribution in [0.15, 0.2) is 22.7 Å². The summed E-state index contributed by atoms with van der Waals surface area (Å²) >= 11 is 3.27. The van der Waals surface area contributed by atoms with Crippen LogP contribution in [0.3, 0.4) is 0 Å². The Bertz CT molecular complexity index is 336. The molecule has 0 spiro atoms. The third kappa shape index (κ3) is 2.01. The highest BCUT2D eigenvalue weighted by atomic mass is 79.9. The van der Waals surface area contributed by atoms with Crippen molar-refractivity contribution in [1.29, 1.82) is 0 Å². The summed E-state index contributed by atoms with van der Waals surface area (Å²) in [5.74, 6) is -0.0844. The zero-order chi connectivity index (χ0) is 10.0. The molecule has 1 aromatic rings. The van der Waals surface area contributed by atoms with E-state index in [1.807, 2.05) is 6.07 Å². The van der Waals surface area contributed by atoms with E-state index in [9.17, 15) is 4.79 Å². The molecule has 1 amide bonds. The van der Waals surface area contributed by atoms with Crippen molar-refractivity contribution in [2.24, 2.45) is 0 Å². The molecule has 2 N–H and O–H groups in total. The molecule has 0 unspecified atom stereocenters. The smallest absolute Gasteiger partial charge is 0.255 e. The number of benzene rings is 1. The molecule has 13 heavy (non-hydrogen) atoms. The molecular weight excluding hydrogens is 232 g/mol. The van der Waals surface area contributed by atoms with Crippen LogP contribution in [0, 0.1) is 0 Å². The van der Waals surface area contributed by atoms with Crippen LogP contribution in [-0.4, -0.2) is 24.9 Å². The predicted octanol–water partition coefficient (Wildman–Crippen LogP) is 1.73. The molecule has 1 aromatic carbocycles. The summed E-state index contributed by atoms with van der Waals surface area (Å²) in [6.07, 6.45) is 0. The third-order valence-corrected chi connectivity index (χ3v) is 2.38. The monoisotopic (exact) mass is 242 g/mol. The first-order valence-corrected chi connectivity index (χ1v) is 4.59. The van der Waals surface area contributed by atoms with E-state index in [1.165, 1.54) is 4.90 Å². The van der Waals surface area contributed by atoms with E-state index in [1.54, 1.807) is 26.2 Å². The molecule has 3 nitrogen and oxygen atoms in total. The number of carbonyl (C=O) groups is 1. The second-order valence-electron chi connectivity index (χ2n) is 2.90. The van der Waals surface area contributed by atoms with Crippen molar-refractivity contribution in [2.45, 2.75) is 0 Å². The Morgan fingerprint density at radius 3 is 2.62 bits per heavy atom. The van der Waals surface area contributed by atoms with Crippen molar-refractivity contribution >= 4 is 27.5 Å². The van der Waals surface area contributed by atoms with Crippen molar-refractivity contribution in [2.75, 3.05) is 19.8 Å². The van der Waals surface area contributed by atoms with E-state index >= 15 is 0 Å². The van der Waals surface area contributed by atoms with Gasteiger partial charge in [-0.15, -0.1) is 0 Å². The predicted molar refractivity (Wildman–Crippen MR) is 56.6 cm³/mol. The van der Waals surface area contributed by atoms with Gasteiger partial charge in [0.25, 0.3) is 5.91 Å². The molecule has 0 aliphatic carbocycles. The summed E-state index contributed by atoms with van der Waals surface area (Å²) < 4.78 is 0.750. The second kappa shape index (κ2) is 3.79. The number of hydrogen-bond acceptors (Lipinski definition) is 2. The van der Waals surface area contributed by atoms with Gasteiger partial charge in [-0.05, 0) is 28.1 Å². The Kier molecular flexibility index (Phi) is 2.93. The quantitative estimate of drug-likeness (QED) is 0.763. The van der Waals surface area contributed by atoms with Gasteiger partial charge >= 0.3 is 0 Å². The molecule has 0 bridgehead atoms. The zero-order valence-electron chi connectivity index (χ0n) is 7.54. The summed E-state index contributed by atoms with van der Waals surface area (Å²) in [6, 6.07) is 5.31. The number of halogens is 1. The molecule has 0 radical (unpaired) electrons. The lowest BCUT2D eigenvalue weighted by Gasteiger charge is -2.12. The van der Waals surface area contributed by atoms with E-state index in [4.69, 9.17) is 5.73 Å². The third-order valence-electron chi connectivity index (χ3n) is 1.69. The average molecular weight is 243 g/mol. The number of nitrogen functional groups attached to an aromatic ring is 1. The minimum absolute atomic E-state index is 0.0844. The molecule has 0 aliphatic rings. The van der Waals surface area contributed by atoms with Crippen molar-refractivity contribution in [3.05, 3.63) is 28.2 Å². The molecule has 1 rings (SSSR count). The van der Waals surface area contributed by atoms with Gasteiger partial charge in [-0.2, -0.15) is 0 Å². The van der Waals surface area contributed by atoms with E-state index in [2.05, 4.69) is 15.9 Å². The van der Waals surface area contributed by atoms with Gasteiger partial charge < -0.3 is 10.6 Å². The molecule has 0 atom stereocenters. The summed E-state index contributed by atoms with van der Waals surface area (Å²) in [5.41, 5.74) is 6.74. The first kappa shape index (κ1) is 10.1. The summed E-state index contributed by atoms with van der Waals surface area (Å²) in [4.78, 5) is 13.0. The van der Waals surface area contributed by atoms with Gasteiger partial charge in [-0.25, -0.2) is 0 Å². The Morgan fingerprint density at radius 1 is 1.46 bits per heavy atom. The Morgan fingerprint density at radius 2 is 2.08 bits per heavy atom. The summed E-state index contributed by atoms with van der Waals surface area (Å²) in [6.45, 7) is 0. The minimum Gasteiger partial charge on any atom is -0.397 e. The first-order valence-electron chi connectivity index (χ1n) is 3.79. The number of rotatable bonds is 1. The molecule has 0 heterocycles. The Labute approximate surface area is 85.7 Å². The highest BCUT2D eigenvalue weighted by molar-refractivity contribution is 9.10. The van der Waals surface area contributed by atoms with Crippen LogP contribution in [0.25, 0.3) is 0 Å². The number of carbonyl (C=O) groups excluding carboxylic acids is 1. The fourth-order valence-electron chi connectivity index (χ4n) is 0.964. The van der Waals surface area contributed by atoms with Crippen LogP contribution in [0.2, 0.25) is 0 Å². The van der Waals surface area contributed by atoms with Gasteiger partial charge in [-0.3, -0.25) is 4.79 Å². The molecular formula is C9H11BrN2O. The molecule has 70 valence electrons. The zero-order valence-corrected chi connectivity index (χ0v) is 9.13. The topological polar surface area (TPSA) is 46.3 Å². The van der Waals surface area contributed by atoms with E-state index < -0.39 is 0 Å². The number of anilines is 1. The lowest BCUT2D eigenvalue weighted by atomic mass is 10.1. The van der Waals surface area contributed by atoms with Crippen molar-refractivity contribution in [3.63, 3.8) is 0 Å². The van der Waals surface area contributed by atoms with Crippen molar-refractivity contribution in [3.8, 4) is 0 Å². The average Bonchev–Trinajstić information content (AvgIpc) is 2.08. The highest BCUT2D eigenvalue weighted by Gasteiger charge is 2.12. The van der Waals surface area contributed by atoms with Crippen molar-refractivity contribution in [1.82, 2.24) is 4.90 Å². The normalized spacial score (nSPS) is 9.77. The van der Waals surface area contributed by atoms with E-state index in [0.29, 0.717) is 11.3 Å². The maximum Gasteiger partial charge on any atom is 0.255 e. The van der Waals surface area contributed by atoms with Gasteiger partial charge in [0, 0.05) is 18.6 Å². The number of nitrogens with two attached hydrogens (primary N) is 1. The molecule has 0 saturated carbocycles. The molecule has 0 aromatic heterocycles. The van der Waals surface area contributed by atoms with Crippen LogP contribution < -0.4 is 5.73 Å². The molecule has 0 aliphatic heterocycles. The fraction of sp³-hybridized carbons (Fsp3) is 0.222. The van der Waals surface area contributed by atoms with E-state index in [0.717, 1.165) is 4.47 Å². The number of hydrogen-bond donors (Lipinski definition) is 1. The lowest BCUT2D eigenvalue weighted by Crippen LogP contribution is -2.22. The minimum atomic E-state index is -0.0844. The van der Waals surface area contributed by atoms with Crippen LogP contribution in [0.4, 0.5) is 5.69 Å². The summed E-state index contributed by atoms with van der Waals surface area (Å²) in [7, 11) is 3.39. The number of para-hydroxylation sites is 1. The molecule has 0 saturated heterocycles. The standard InChI is InChI=1S/C9H11BrN2O/c1-12(2)9(13)6-4-3-5-7(10)8(6)11/h3-5H,11H2,1-2H3. The van der Waals surface area contributed by atoms with Gasteiger partial charge in [0.05, 0.1) is 11.3 Å². The second-order valence-corrected chi connectivity index (χ2v) is 3.75. The maximum atomic E-state index is 11.5. The Balaban J connectivity index is 3.15. The van der Waals surface area contributed by atoms with E-state index in [-0.39, 0.29) is 5.91 Å².